The van der Waals surface area contributed by atoms with Crippen molar-refractivity contribution in [3.8, 4) is 0 Å². The molecule has 17 heavy (non-hydrogen) atoms. The van der Waals surface area contributed by atoms with Gasteiger partial charge in [0, 0.05) is 13.1 Å². The van der Waals surface area contributed by atoms with E-state index in [1.165, 1.54) is 6.07 Å². The number of hydrogen-bond donors (Lipinski definition) is 2. The maximum atomic E-state index is 10.6. The zero-order valence-corrected chi connectivity index (χ0v) is 10.2. The maximum Gasteiger partial charge on any atom is 0.356 e. The Morgan fingerprint density at radius 3 is 2.53 bits per heavy atom. The average Bonchev–Trinajstić information content (AvgIpc) is 2.35. The summed E-state index contributed by atoms with van der Waals surface area (Å²) in [7, 11) is 0. The topological polar surface area (TPSA) is 78.4 Å². The van der Waals surface area contributed by atoms with Crippen LogP contribution in [0.2, 0.25) is 0 Å². The summed E-state index contributed by atoms with van der Waals surface area (Å²) in [6.45, 7) is 7.96. The molecule has 0 aliphatic carbocycles. The first kappa shape index (κ1) is 13.4. The second-order valence-electron chi connectivity index (χ2n) is 3.56. The van der Waals surface area contributed by atoms with E-state index in [-0.39, 0.29) is 5.69 Å². The van der Waals surface area contributed by atoms with Gasteiger partial charge in [-0.1, -0.05) is 13.8 Å². The highest BCUT2D eigenvalue weighted by molar-refractivity contribution is 5.85. The van der Waals surface area contributed by atoms with Gasteiger partial charge in [-0.15, -0.1) is 10.2 Å². The summed E-state index contributed by atoms with van der Waals surface area (Å²) in [5.74, 6) is -0.464. The van der Waals surface area contributed by atoms with Crippen molar-refractivity contribution in [2.24, 2.45) is 0 Å². The Bertz CT molecular complexity index is 349. The van der Waals surface area contributed by atoms with Crippen LogP contribution in [0.4, 0.5) is 5.82 Å². The molecule has 0 unspecified atom stereocenters. The number of likely N-dealkylation sites (N-methyl/N-ethyl adjacent to an activating group) is 1. The molecule has 94 valence electrons. The summed E-state index contributed by atoms with van der Waals surface area (Å²) >= 11 is 0. The van der Waals surface area contributed by atoms with Crippen molar-refractivity contribution in [2.75, 3.05) is 31.5 Å². The maximum absolute atomic E-state index is 10.6. The second kappa shape index (κ2) is 6.80. The van der Waals surface area contributed by atoms with Gasteiger partial charge in [-0.25, -0.2) is 4.79 Å². The van der Waals surface area contributed by atoms with E-state index in [1.807, 2.05) is 0 Å². The number of aromatic carboxylic acids is 1. The summed E-state index contributed by atoms with van der Waals surface area (Å²) in [6, 6.07) is 3.06. The molecule has 0 saturated heterocycles. The van der Waals surface area contributed by atoms with Gasteiger partial charge >= 0.3 is 5.97 Å². The number of nitrogens with zero attached hydrogens (tertiary/aromatic N) is 3. The monoisotopic (exact) mass is 238 g/mol. The predicted molar refractivity (Wildman–Crippen MR) is 65.3 cm³/mol. The summed E-state index contributed by atoms with van der Waals surface area (Å²) in [5.41, 5.74) is -0.0423. The predicted octanol–water partition coefficient (Wildman–Crippen LogP) is 0.928. The van der Waals surface area contributed by atoms with Crippen LogP contribution in [0.25, 0.3) is 0 Å². The highest BCUT2D eigenvalue weighted by Gasteiger charge is 2.04. The van der Waals surface area contributed by atoms with Crippen molar-refractivity contribution in [3.05, 3.63) is 17.8 Å². The molecule has 0 radical (unpaired) electrons. The van der Waals surface area contributed by atoms with Gasteiger partial charge in [-0.3, -0.25) is 0 Å². The largest absolute Gasteiger partial charge is 0.476 e. The molecule has 1 heterocycles. The third-order valence-electron chi connectivity index (χ3n) is 2.51. The van der Waals surface area contributed by atoms with Gasteiger partial charge in [-0.05, 0) is 25.2 Å². The van der Waals surface area contributed by atoms with Gasteiger partial charge < -0.3 is 15.3 Å². The van der Waals surface area contributed by atoms with Crippen molar-refractivity contribution in [2.45, 2.75) is 13.8 Å². The molecule has 1 aromatic rings. The van der Waals surface area contributed by atoms with E-state index < -0.39 is 5.97 Å². The zero-order valence-electron chi connectivity index (χ0n) is 10.2. The van der Waals surface area contributed by atoms with Crippen LogP contribution in [0.3, 0.4) is 0 Å². The Morgan fingerprint density at radius 2 is 2.06 bits per heavy atom. The van der Waals surface area contributed by atoms with Crippen LogP contribution in [-0.2, 0) is 0 Å². The average molecular weight is 238 g/mol. The fourth-order valence-corrected chi connectivity index (χ4v) is 1.42. The molecule has 0 aromatic carbocycles. The van der Waals surface area contributed by atoms with Gasteiger partial charge in [0.2, 0.25) is 0 Å². The number of aromatic nitrogens is 2. The van der Waals surface area contributed by atoms with E-state index in [4.69, 9.17) is 5.11 Å². The normalized spacial score (nSPS) is 10.5. The van der Waals surface area contributed by atoms with Crippen LogP contribution in [-0.4, -0.2) is 52.4 Å². The lowest BCUT2D eigenvalue weighted by Crippen LogP contribution is -2.28. The first-order valence-electron chi connectivity index (χ1n) is 5.70. The van der Waals surface area contributed by atoms with Crippen LogP contribution < -0.4 is 5.32 Å². The zero-order chi connectivity index (χ0) is 12.7. The van der Waals surface area contributed by atoms with Gasteiger partial charge in [-0.2, -0.15) is 0 Å². The molecule has 1 aromatic heterocycles. The first-order valence-corrected chi connectivity index (χ1v) is 5.70. The third-order valence-corrected chi connectivity index (χ3v) is 2.51. The molecule has 0 spiro atoms. The van der Waals surface area contributed by atoms with E-state index >= 15 is 0 Å². The van der Waals surface area contributed by atoms with Crippen molar-refractivity contribution in [1.82, 2.24) is 15.1 Å². The Kier molecular flexibility index (Phi) is 5.35. The Balaban J connectivity index is 2.39. The molecule has 0 atom stereocenters. The number of anilines is 1. The van der Waals surface area contributed by atoms with Crippen molar-refractivity contribution in [1.29, 1.82) is 0 Å². The Morgan fingerprint density at radius 1 is 1.35 bits per heavy atom. The van der Waals surface area contributed by atoms with Gasteiger partial charge in [0.1, 0.15) is 5.82 Å². The van der Waals surface area contributed by atoms with Gasteiger partial charge in [0.05, 0.1) is 0 Å². The van der Waals surface area contributed by atoms with E-state index in [2.05, 4.69) is 34.3 Å². The fraction of sp³-hybridized carbons (Fsp3) is 0.545. The third kappa shape index (κ3) is 4.36. The van der Waals surface area contributed by atoms with Crippen molar-refractivity contribution in [3.63, 3.8) is 0 Å². The highest BCUT2D eigenvalue weighted by Crippen LogP contribution is 2.01. The van der Waals surface area contributed by atoms with Crippen LogP contribution in [0.15, 0.2) is 12.1 Å². The number of carboxylic acid groups (broad SMARTS) is 1. The van der Waals surface area contributed by atoms with Crippen LogP contribution in [0.1, 0.15) is 24.3 Å². The van der Waals surface area contributed by atoms with Crippen molar-refractivity contribution >= 4 is 11.8 Å². The minimum absolute atomic E-state index is 0.0423. The highest BCUT2D eigenvalue weighted by atomic mass is 16.4. The molecular formula is C11H18N4O2. The molecule has 0 amide bonds. The molecule has 6 heteroatoms. The fourth-order valence-electron chi connectivity index (χ4n) is 1.42. The number of carbonyl (C=O) groups is 1. The SMILES string of the molecule is CCN(CC)CCNc1ccc(C(=O)O)nn1. The second-order valence-corrected chi connectivity index (χ2v) is 3.56. The van der Waals surface area contributed by atoms with Crippen LogP contribution >= 0.6 is 0 Å². The number of nitrogens with one attached hydrogen (secondary N) is 1. The molecular weight excluding hydrogens is 220 g/mol. The lowest BCUT2D eigenvalue weighted by atomic mass is 10.4. The van der Waals surface area contributed by atoms with Crippen molar-refractivity contribution < 1.29 is 9.90 Å². The summed E-state index contributed by atoms with van der Waals surface area (Å²) < 4.78 is 0. The molecule has 0 aliphatic rings. The first-order chi connectivity index (χ1) is 8.17. The minimum atomic E-state index is -1.06. The van der Waals surface area contributed by atoms with E-state index in [0.29, 0.717) is 5.82 Å². The quantitative estimate of drug-likeness (QED) is 0.735. The molecule has 0 aliphatic heterocycles. The van der Waals surface area contributed by atoms with Gasteiger partial charge in [0.15, 0.2) is 5.69 Å². The summed E-state index contributed by atoms with van der Waals surface area (Å²) in [5, 5.41) is 19.1. The smallest absolute Gasteiger partial charge is 0.356 e. The number of rotatable bonds is 7. The van der Waals surface area contributed by atoms with E-state index in [9.17, 15) is 4.79 Å². The minimum Gasteiger partial charge on any atom is -0.476 e. The molecule has 0 fully saturated rings. The molecule has 6 nitrogen and oxygen atoms in total. The molecule has 0 saturated carbocycles. The number of hydrogen-bond acceptors (Lipinski definition) is 5. The number of carboxylic acids is 1. The van der Waals surface area contributed by atoms with E-state index in [0.717, 1.165) is 26.2 Å². The van der Waals surface area contributed by atoms with Crippen LogP contribution in [0.5, 0.6) is 0 Å². The lowest BCUT2D eigenvalue weighted by Gasteiger charge is -2.17. The van der Waals surface area contributed by atoms with Crippen LogP contribution in [0, 0.1) is 0 Å². The Labute approximate surface area is 101 Å². The molecule has 2 N–H and O–H groups in total. The Hall–Kier alpha value is -1.69. The molecule has 0 bridgehead atoms. The lowest BCUT2D eigenvalue weighted by molar-refractivity contribution is 0.0689. The molecule has 1 rings (SSSR count). The van der Waals surface area contributed by atoms with Gasteiger partial charge in [0.25, 0.3) is 0 Å². The summed E-state index contributed by atoms with van der Waals surface area (Å²) in [4.78, 5) is 12.8. The standard InChI is InChI=1S/C11H18N4O2/c1-3-15(4-2)8-7-12-10-6-5-9(11(16)17)13-14-10/h5-6H,3-4,7-8H2,1-2H3,(H,12,14)(H,16,17). The van der Waals surface area contributed by atoms with E-state index in [1.54, 1.807) is 6.07 Å². The summed E-state index contributed by atoms with van der Waals surface area (Å²) in [6.07, 6.45) is 0.